The molecule has 0 saturated heterocycles. The minimum Gasteiger partial charge on any atom is -0.338 e. The first-order chi connectivity index (χ1) is 11.3. The van der Waals surface area contributed by atoms with Crippen molar-refractivity contribution < 1.29 is 4.79 Å². The molecule has 23 heavy (non-hydrogen) atoms. The molecular weight excluding hydrogens is 284 g/mol. The van der Waals surface area contributed by atoms with Gasteiger partial charge in [0.2, 0.25) is 0 Å². The van der Waals surface area contributed by atoms with E-state index in [1.54, 1.807) is 0 Å². The molecule has 0 unspecified atom stereocenters. The molecule has 0 fully saturated rings. The number of imidazole rings is 1. The van der Waals surface area contributed by atoms with Crippen LogP contribution in [-0.4, -0.2) is 15.8 Å². The van der Waals surface area contributed by atoms with E-state index in [4.69, 9.17) is 0 Å². The summed E-state index contributed by atoms with van der Waals surface area (Å²) < 4.78 is 0. The number of nitrogens with zero attached hydrogens (tertiary/aromatic N) is 1. The molecule has 0 atom stereocenters. The number of benzene rings is 3. The summed E-state index contributed by atoms with van der Waals surface area (Å²) in [6.45, 7) is 0. The Hall–Kier alpha value is -3.20. The molecule has 0 bridgehead atoms. The summed E-state index contributed by atoms with van der Waals surface area (Å²) >= 11 is 0. The van der Waals surface area contributed by atoms with Crippen LogP contribution in [0.3, 0.4) is 0 Å². The molecule has 0 saturated carbocycles. The first-order valence-electron chi connectivity index (χ1n) is 7.47. The lowest BCUT2D eigenvalue weighted by Crippen LogP contribution is -2.03. The van der Waals surface area contributed by atoms with Crippen molar-refractivity contribution in [2.45, 2.75) is 0 Å². The summed E-state index contributed by atoms with van der Waals surface area (Å²) in [5.41, 5.74) is 4.00. The lowest BCUT2D eigenvalue weighted by molar-refractivity contribution is 0.103. The quantitative estimate of drug-likeness (QED) is 0.567. The zero-order valence-corrected chi connectivity index (χ0v) is 12.4. The van der Waals surface area contributed by atoms with Gasteiger partial charge in [-0.15, -0.1) is 0 Å². The third kappa shape index (κ3) is 2.42. The van der Waals surface area contributed by atoms with Gasteiger partial charge >= 0.3 is 0 Å². The SMILES string of the molecule is O=C(c1ccccc1)c1ccccc1-c1nc2ccccc2[nH]1. The van der Waals surface area contributed by atoms with Crippen molar-refractivity contribution in [2.75, 3.05) is 0 Å². The largest absolute Gasteiger partial charge is 0.338 e. The molecule has 1 N–H and O–H groups in total. The minimum absolute atomic E-state index is 0.00153. The number of nitrogens with one attached hydrogen (secondary N) is 1. The van der Waals surface area contributed by atoms with E-state index in [0.717, 1.165) is 16.6 Å². The number of aromatic amines is 1. The Kier molecular flexibility index (Phi) is 3.24. The summed E-state index contributed by atoms with van der Waals surface area (Å²) in [6, 6.07) is 24.7. The van der Waals surface area contributed by atoms with Crippen molar-refractivity contribution in [2.24, 2.45) is 0 Å². The molecule has 0 amide bonds. The van der Waals surface area contributed by atoms with Crippen LogP contribution in [0.4, 0.5) is 0 Å². The summed E-state index contributed by atoms with van der Waals surface area (Å²) in [7, 11) is 0. The Morgan fingerprint density at radius 1 is 0.783 bits per heavy atom. The Morgan fingerprint density at radius 2 is 1.48 bits per heavy atom. The van der Waals surface area contributed by atoms with Crippen LogP contribution in [0.15, 0.2) is 78.9 Å². The van der Waals surface area contributed by atoms with Gasteiger partial charge < -0.3 is 4.98 Å². The number of ketones is 1. The molecule has 0 aliphatic carbocycles. The zero-order chi connectivity index (χ0) is 15.6. The summed E-state index contributed by atoms with van der Waals surface area (Å²) in [4.78, 5) is 20.7. The van der Waals surface area contributed by atoms with E-state index < -0.39 is 0 Å². The van der Waals surface area contributed by atoms with E-state index >= 15 is 0 Å². The number of H-pyrrole nitrogens is 1. The third-order valence-electron chi connectivity index (χ3n) is 3.85. The van der Waals surface area contributed by atoms with Gasteiger partial charge in [-0.1, -0.05) is 66.7 Å². The molecule has 110 valence electrons. The number of para-hydroxylation sites is 2. The number of carbonyl (C=O) groups excluding carboxylic acids is 1. The summed E-state index contributed by atoms with van der Waals surface area (Å²) in [5.74, 6) is 0.715. The third-order valence-corrected chi connectivity index (χ3v) is 3.85. The van der Waals surface area contributed by atoms with E-state index in [-0.39, 0.29) is 5.78 Å². The number of fused-ring (bicyclic) bond motifs is 1. The van der Waals surface area contributed by atoms with Crippen molar-refractivity contribution in [3.8, 4) is 11.4 Å². The number of hydrogen-bond donors (Lipinski definition) is 1. The lowest BCUT2D eigenvalue weighted by Gasteiger charge is -2.06. The van der Waals surface area contributed by atoms with Crippen molar-refractivity contribution in [1.29, 1.82) is 0 Å². The normalized spacial score (nSPS) is 10.8. The van der Waals surface area contributed by atoms with Gasteiger partial charge in [0.15, 0.2) is 5.78 Å². The highest BCUT2D eigenvalue weighted by Gasteiger charge is 2.16. The maximum Gasteiger partial charge on any atom is 0.193 e. The molecular formula is C20H14N2O. The number of hydrogen-bond acceptors (Lipinski definition) is 2. The average molecular weight is 298 g/mol. The predicted molar refractivity (Wildman–Crippen MR) is 91.4 cm³/mol. The van der Waals surface area contributed by atoms with Gasteiger partial charge in [-0.3, -0.25) is 4.79 Å². The molecule has 0 radical (unpaired) electrons. The van der Waals surface area contributed by atoms with E-state index in [1.165, 1.54) is 0 Å². The molecule has 1 heterocycles. The smallest absolute Gasteiger partial charge is 0.193 e. The first-order valence-corrected chi connectivity index (χ1v) is 7.47. The monoisotopic (exact) mass is 298 g/mol. The predicted octanol–water partition coefficient (Wildman–Crippen LogP) is 4.46. The van der Waals surface area contributed by atoms with Crippen LogP contribution in [-0.2, 0) is 0 Å². The van der Waals surface area contributed by atoms with Crippen molar-refractivity contribution >= 4 is 16.8 Å². The fourth-order valence-corrected chi connectivity index (χ4v) is 2.71. The second-order valence-corrected chi connectivity index (χ2v) is 5.34. The van der Waals surface area contributed by atoms with Crippen LogP contribution < -0.4 is 0 Å². The minimum atomic E-state index is 0.00153. The maximum atomic E-state index is 12.8. The Bertz CT molecular complexity index is 954. The lowest BCUT2D eigenvalue weighted by atomic mass is 9.98. The zero-order valence-electron chi connectivity index (χ0n) is 12.4. The highest BCUT2D eigenvalue weighted by molar-refractivity contribution is 6.12. The number of rotatable bonds is 3. The first kappa shape index (κ1) is 13.5. The summed E-state index contributed by atoms with van der Waals surface area (Å²) in [5, 5.41) is 0. The number of carbonyl (C=O) groups is 1. The van der Waals surface area contributed by atoms with Crippen molar-refractivity contribution in [3.63, 3.8) is 0 Å². The van der Waals surface area contributed by atoms with Gasteiger partial charge in [-0.25, -0.2) is 4.98 Å². The van der Waals surface area contributed by atoms with Crippen LogP contribution in [0.5, 0.6) is 0 Å². The highest BCUT2D eigenvalue weighted by Crippen LogP contribution is 2.25. The second-order valence-electron chi connectivity index (χ2n) is 5.34. The molecule has 4 rings (SSSR count). The fraction of sp³-hybridized carbons (Fsp3) is 0. The molecule has 3 nitrogen and oxygen atoms in total. The molecule has 1 aromatic heterocycles. The maximum absolute atomic E-state index is 12.8. The van der Waals surface area contributed by atoms with Gasteiger partial charge in [0, 0.05) is 16.7 Å². The molecule has 3 aromatic carbocycles. The topological polar surface area (TPSA) is 45.8 Å². The van der Waals surface area contributed by atoms with Crippen molar-refractivity contribution in [1.82, 2.24) is 9.97 Å². The van der Waals surface area contributed by atoms with E-state index in [1.807, 2.05) is 78.9 Å². The van der Waals surface area contributed by atoms with Crippen LogP contribution in [0.1, 0.15) is 15.9 Å². The Balaban J connectivity index is 1.85. The van der Waals surface area contributed by atoms with Gasteiger partial charge in [0.25, 0.3) is 0 Å². The standard InChI is InChI=1S/C20H14N2O/c23-19(14-8-2-1-3-9-14)15-10-4-5-11-16(15)20-21-17-12-6-7-13-18(17)22-20/h1-13H,(H,21,22). The number of aromatic nitrogens is 2. The fourth-order valence-electron chi connectivity index (χ4n) is 2.71. The van der Waals surface area contributed by atoms with E-state index in [2.05, 4.69) is 9.97 Å². The average Bonchev–Trinajstić information content (AvgIpc) is 3.06. The second kappa shape index (κ2) is 5.54. The highest BCUT2D eigenvalue weighted by atomic mass is 16.1. The Labute approximate surface area is 133 Å². The van der Waals surface area contributed by atoms with Gasteiger partial charge in [0.05, 0.1) is 11.0 Å². The molecule has 0 aliphatic rings. The molecule has 0 aliphatic heterocycles. The van der Waals surface area contributed by atoms with Crippen LogP contribution in [0, 0.1) is 0 Å². The van der Waals surface area contributed by atoms with E-state index in [9.17, 15) is 4.79 Å². The van der Waals surface area contributed by atoms with Crippen LogP contribution in [0.25, 0.3) is 22.4 Å². The molecule has 4 aromatic rings. The molecule has 3 heteroatoms. The van der Waals surface area contributed by atoms with E-state index in [0.29, 0.717) is 17.0 Å². The van der Waals surface area contributed by atoms with Crippen LogP contribution in [0.2, 0.25) is 0 Å². The van der Waals surface area contributed by atoms with Gasteiger partial charge in [-0.2, -0.15) is 0 Å². The summed E-state index contributed by atoms with van der Waals surface area (Å²) in [6.07, 6.45) is 0. The van der Waals surface area contributed by atoms with Crippen LogP contribution >= 0.6 is 0 Å². The molecule has 0 spiro atoms. The van der Waals surface area contributed by atoms with Gasteiger partial charge in [0.1, 0.15) is 5.82 Å². The van der Waals surface area contributed by atoms with Crippen molar-refractivity contribution in [3.05, 3.63) is 90.0 Å². The van der Waals surface area contributed by atoms with Gasteiger partial charge in [-0.05, 0) is 12.1 Å². The Morgan fingerprint density at radius 3 is 2.30 bits per heavy atom.